The molecule has 328 valence electrons. The number of hydrogen-bond acceptors (Lipinski definition) is 2. The van der Waals surface area contributed by atoms with E-state index in [0.717, 1.165) is 44.6 Å². The number of aromatic nitrogens is 1. The normalized spacial score (nSPS) is 12.0. The van der Waals surface area contributed by atoms with Crippen LogP contribution in [0, 0.1) is 0 Å². The maximum atomic E-state index is 6.46. The van der Waals surface area contributed by atoms with Crippen LogP contribution in [-0.2, 0) is 0 Å². The Hall–Kier alpha value is -8.96. The molecule has 0 amide bonds. The zero-order valence-corrected chi connectivity index (χ0v) is 39.2. The van der Waals surface area contributed by atoms with E-state index in [-0.39, 0.29) is 0 Å². The fourth-order valence-corrected chi connectivity index (χ4v) is 16.2. The highest BCUT2D eigenvalue weighted by atomic mass is 28.3. The van der Waals surface area contributed by atoms with E-state index in [1.54, 1.807) is 0 Å². The van der Waals surface area contributed by atoms with Crippen molar-refractivity contribution in [3.05, 3.63) is 267 Å². The summed E-state index contributed by atoms with van der Waals surface area (Å²) in [6.45, 7) is 0. The molecule has 0 spiro atoms. The quantitative estimate of drug-likeness (QED) is 0.106. The Labute approximate surface area is 406 Å². The van der Waals surface area contributed by atoms with Crippen LogP contribution in [0.15, 0.2) is 271 Å². The molecule has 4 heteroatoms. The zero-order valence-electron chi connectivity index (χ0n) is 38.2. The van der Waals surface area contributed by atoms with Crippen molar-refractivity contribution in [2.24, 2.45) is 0 Å². The second kappa shape index (κ2) is 16.1. The van der Waals surface area contributed by atoms with Gasteiger partial charge in [-0.3, -0.25) is 0 Å². The van der Waals surface area contributed by atoms with Crippen LogP contribution in [0.1, 0.15) is 0 Å². The van der Waals surface area contributed by atoms with Gasteiger partial charge in [0, 0.05) is 55.4 Å². The molecule has 11 aromatic carbocycles. The Bertz CT molecular complexity index is 4100. The first kappa shape index (κ1) is 40.1. The van der Waals surface area contributed by atoms with E-state index in [4.69, 9.17) is 4.42 Å². The van der Waals surface area contributed by atoms with Crippen molar-refractivity contribution in [2.75, 3.05) is 4.90 Å². The Kier molecular flexibility index (Phi) is 9.23. The number of nitrogens with zero attached hydrogens (tertiary/aromatic N) is 2. The third kappa shape index (κ3) is 6.20. The summed E-state index contributed by atoms with van der Waals surface area (Å²) in [7, 11) is -2.63. The average Bonchev–Trinajstić information content (AvgIpc) is 4.10. The molecular formula is C66H44N2OSi. The molecule has 3 aromatic heterocycles. The summed E-state index contributed by atoms with van der Waals surface area (Å²) in [5.41, 5.74) is 13.4. The third-order valence-electron chi connectivity index (χ3n) is 14.7. The molecule has 0 atom stereocenters. The number of fused-ring (bicyclic) bond motifs is 9. The van der Waals surface area contributed by atoms with Crippen molar-refractivity contribution in [1.29, 1.82) is 0 Å². The third-order valence-corrected chi connectivity index (χ3v) is 19.5. The number of hydrogen-bond donors (Lipinski definition) is 0. The fourth-order valence-electron chi connectivity index (χ4n) is 11.5. The predicted molar refractivity (Wildman–Crippen MR) is 298 cm³/mol. The minimum Gasteiger partial charge on any atom is -0.456 e. The Balaban J connectivity index is 0.848. The Morgan fingerprint density at radius 1 is 0.286 bits per heavy atom. The minimum atomic E-state index is -2.63. The molecule has 0 N–H and O–H groups in total. The van der Waals surface area contributed by atoms with E-state index in [1.807, 2.05) is 12.1 Å². The second-order valence-corrected chi connectivity index (χ2v) is 22.2. The Morgan fingerprint density at radius 3 is 1.33 bits per heavy atom. The number of anilines is 3. The summed E-state index contributed by atoms with van der Waals surface area (Å²) in [6, 6.07) is 98.0. The standard InChI is InChI=1S/C66H44N2OSi/c1-4-15-52(16-5-1)70(53-17-6-2-7-18-53,54-19-8-3-9-20-54)55-39-31-46(32-40-55)45-27-34-49(35-28-45)67(51-38-42-59-58-22-11-13-26-64(58)69-65(59)44-51)50-36-29-47(30-37-50)48-33-41-57-61-24-14-23-60-56-21-10-12-25-62(56)68(66(60)61)63(57)43-48/h1-44H. The predicted octanol–water partition coefficient (Wildman–Crippen LogP) is 14.9. The van der Waals surface area contributed by atoms with Gasteiger partial charge in [0.15, 0.2) is 8.07 Å². The van der Waals surface area contributed by atoms with Crippen molar-refractivity contribution in [3.63, 3.8) is 0 Å². The Morgan fingerprint density at radius 2 is 0.714 bits per heavy atom. The van der Waals surface area contributed by atoms with E-state index >= 15 is 0 Å². The maximum Gasteiger partial charge on any atom is 0.179 e. The van der Waals surface area contributed by atoms with Gasteiger partial charge in [-0.05, 0) is 97.6 Å². The van der Waals surface area contributed by atoms with Gasteiger partial charge in [0.2, 0.25) is 0 Å². The zero-order chi connectivity index (χ0) is 46.2. The lowest BCUT2D eigenvalue weighted by atomic mass is 10.0. The summed E-state index contributed by atoms with van der Waals surface area (Å²) >= 11 is 0. The fraction of sp³-hybridized carbons (Fsp3) is 0. The van der Waals surface area contributed by atoms with Gasteiger partial charge in [0.25, 0.3) is 0 Å². The van der Waals surface area contributed by atoms with E-state index in [0.29, 0.717) is 0 Å². The van der Waals surface area contributed by atoms with Crippen LogP contribution in [0.5, 0.6) is 0 Å². The van der Waals surface area contributed by atoms with E-state index in [2.05, 4.69) is 264 Å². The number of furan rings is 1. The molecule has 14 aromatic rings. The van der Waals surface area contributed by atoms with Crippen LogP contribution >= 0.6 is 0 Å². The summed E-state index contributed by atoms with van der Waals surface area (Å²) in [5, 5.41) is 12.9. The van der Waals surface area contributed by atoms with Crippen molar-refractivity contribution < 1.29 is 4.42 Å². The highest BCUT2D eigenvalue weighted by Crippen LogP contribution is 2.42. The lowest BCUT2D eigenvalue weighted by Gasteiger charge is -2.34. The molecular weight excluding hydrogens is 865 g/mol. The average molecular weight is 909 g/mol. The lowest BCUT2D eigenvalue weighted by Crippen LogP contribution is -2.74. The summed E-state index contributed by atoms with van der Waals surface area (Å²) in [6.07, 6.45) is 0. The minimum absolute atomic E-state index is 0.865. The van der Waals surface area contributed by atoms with Crippen LogP contribution in [0.4, 0.5) is 17.1 Å². The van der Waals surface area contributed by atoms with Gasteiger partial charge in [-0.2, -0.15) is 0 Å². The summed E-state index contributed by atoms with van der Waals surface area (Å²) in [4.78, 5) is 2.34. The van der Waals surface area contributed by atoms with Gasteiger partial charge in [-0.25, -0.2) is 0 Å². The molecule has 0 fully saturated rings. The molecule has 3 nitrogen and oxygen atoms in total. The summed E-state index contributed by atoms with van der Waals surface area (Å²) in [5.74, 6) is 0. The number of para-hydroxylation sites is 3. The topological polar surface area (TPSA) is 20.8 Å². The van der Waals surface area contributed by atoms with Crippen molar-refractivity contribution >= 4 is 106 Å². The first-order chi connectivity index (χ1) is 34.7. The van der Waals surface area contributed by atoms with Gasteiger partial charge in [0.1, 0.15) is 11.2 Å². The van der Waals surface area contributed by atoms with Crippen LogP contribution in [-0.4, -0.2) is 12.5 Å². The molecule has 0 aliphatic carbocycles. The van der Waals surface area contributed by atoms with Gasteiger partial charge >= 0.3 is 0 Å². The van der Waals surface area contributed by atoms with Gasteiger partial charge in [-0.1, -0.05) is 206 Å². The molecule has 70 heavy (non-hydrogen) atoms. The van der Waals surface area contributed by atoms with Crippen LogP contribution < -0.4 is 25.6 Å². The van der Waals surface area contributed by atoms with Crippen molar-refractivity contribution in [3.8, 4) is 22.3 Å². The monoisotopic (exact) mass is 908 g/mol. The van der Waals surface area contributed by atoms with E-state index in [1.165, 1.54) is 75.5 Å². The molecule has 14 rings (SSSR count). The first-order valence-corrected chi connectivity index (χ1v) is 26.1. The molecule has 0 saturated carbocycles. The van der Waals surface area contributed by atoms with Gasteiger partial charge in [-0.15, -0.1) is 0 Å². The number of rotatable bonds is 9. The van der Waals surface area contributed by atoms with Crippen LogP contribution in [0.25, 0.3) is 82.3 Å². The highest BCUT2D eigenvalue weighted by molar-refractivity contribution is 7.19. The molecule has 0 unspecified atom stereocenters. The van der Waals surface area contributed by atoms with E-state index in [9.17, 15) is 0 Å². The smallest absolute Gasteiger partial charge is 0.179 e. The van der Waals surface area contributed by atoms with Crippen LogP contribution in [0.3, 0.4) is 0 Å². The van der Waals surface area contributed by atoms with Gasteiger partial charge < -0.3 is 13.7 Å². The van der Waals surface area contributed by atoms with Crippen molar-refractivity contribution in [2.45, 2.75) is 0 Å². The first-order valence-electron chi connectivity index (χ1n) is 24.1. The van der Waals surface area contributed by atoms with Crippen molar-refractivity contribution in [1.82, 2.24) is 4.40 Å². The molecule has 0 radical (unpaired) electrons. The SMILES string of the molecule is c1ccc([Si](c2ccccc2)(c2ccccc2)c2ccc(-c3ccc(N(c4ccc(-c5ccc6c7cccc8c9ccccc9n(c6c5)c87)cc4)c4ccc5c(c4)oc4ccccc45)cc3)cc2)cc1. The second-order valence-electron chi connectivity index (χ2n) is 18.4. The largest absolute Gasteiger partial charge is 0.456 e. The number of benzene rings is 11. The highest BCUT2D eigenvalue weighted by Gasteiger charge is 2.41. The lowest BCUT2D eigenvalue weighted by molar-refractivity contribution is 0.669. The maximum absolute atomic E-state index is 6.46. The molecule has 0 saturated heterocycles. The van der Waals surface area contributed by atoms with E-state index < -0.39 is 8.07 Å². The van der Waals surface area contributed by atoms with Crippen LogP contribution in [0.2, 0.25) is 0 Å². The molecule has 0 aliphatic rings. The molecule has 0 aliphatic heterocycles. The molecule has 3 heterocycles. The van der Waals surface area contributed by atoms with Gasteiger partial charge in [0.05, 0.1) is 16.6 Å². The molecule has 0 bridgehead atoms. The summed E-state index contributed by atoms with van der Waals surface area (Å²) < 4.78 is 8.92.